The van der Waals surface area contributed by atoms with Crippen LogP contribution in [0.3, 0.4) is 0 Å². The first-order chi connectivity index (χ1) is 17.0. The van der Waals surface area contributed by atoms with Crippen molar-refractivity contribution in [2.24, 2.45) is 0 Å². The van der Waals surface area contributed by atoms with Gasteiger partial charge in [-0.2, -0.15) is 0 Å². The maximum Gasteiger partial charge on any atom is 0.326 e. The molecule has 0 saturated heterocycles. The molecule has 0 aliphatic carbocycles. The van der Waals surface area contributed by atoms with Crippen LogP contribution in [-0.4, -0.2) is 22.1 Å². The molecule has 35 heavy (non-hydrogen) atoms. The van der Waals surface area contributed by atoms with Gasteiger partial charge in [0.05, 0.1) is 5.69 Å². The molecule has 3 aromatic carbocycles. The molecule has 1 heterocycles. The molecule has 0 aliphatic rings. The fourth-order valence-corrected chi connectivity index (χ4v) is 3.89. The average Bonchev–Trinajstić information content (AvgIpc) is 2.87. The Morgan fingerprint density at radius 2 is 1.66 bits per heavy atom. The minimum absolute atomic E-state index is 0.00180. The number of hydrogen-bond acceptors (Lipinski definition) is 5. The molecule has 0 atom stereocenters. The van der Waals surface area contributed by atoms with Gasteiger partial charge in [0.25, 0.3) is 5.56 Å². The molecule has 0 amide bonds. The van der Waals surface area contributed by atoms with E-state index in [9.17, 15) is 14.0 Å². The number of ether oxygens (including phenoxy) is 1. The molecule has 178 valence electrons. The Labute approximate surface area is 207 Å². The van der Waals surface area contributed by atoms with Crippen molar-refractivity contribution in [2.75, 3.05) is 11.9 Å². The highest BCUT2D eigenvalue weighted by molar-refractivity contribution is 6.32. The van der Waals surface area contributed by atoms with Crippen LogP contribution in [0.25, 0.3) is 11.3 Å². The lowest BCUT2D eigenvalue weighted by atomic mass is 10.1. The van der Waals surface area contributed by atoms with E-state index in [2.05, 4.69) is 10.3 Å². The van der Waals surface area contributed by atoms with Gasteiger partial charge >= 0.3 is 5.97 Å². The van der Waals surface area contributed by atoms with Crippen LogP contribution in [0, 0.1) is 5.82 Å². The molecule has 0 saturated carbocycles. The second-order valence-electron chi connectivity index (χ2n) is 7.81. The molecule has 0 bridgehead atoms. The molecule has 4 aromatic rings. The van der Waals surface area contributed by atoms with Crippen LogP contribution in [0.5, 0.6) is 0 Å². The van der Waals surface area contributed by atoms with Gasteiger partial charge in [0.1, 0.15) is 19.0 Å². The summed E-state index contributed by atoms with van der Waals surface area (Å²) in [5.74, 6) is -1.14. The zero-order valence-electron chi connectivity index (χ0n) is 18.8. The van der Waals surface area contributed by atoms with E-state index in [-0.39, 0.29) is 23.3 Å². The molecule has 0 spiro atoms. The first-order valence-corrected chi connectivity index (χ1v) is 11.4. The number of carbonyl (C=O) groups is 1. The van der Waals surface area contributed by atoms with Crippen LogP contribution < -0.4 is 10.9 Å². The van der Waals surface area contributed by atoms with E-state index in [4.69, 9.17) is 16.3 Å². The fraction of sp³-hybridized carbons (Fsp3) is 0.148. The number of benzene rings is 3. The number of aromatic nitrogens is 2. The standard InChI is InChI=1S/C27H23ClFN3O3/c28-25-24(21-12-7-13-22(29)16-21)32(17-23(33)35-18-20-10-5-2-6-11-20)27(34)26(31-25)30-15-14-19-8-3-1-4-9-19/h1-13,16H,14-15,17-18H2,(H,30,31). The Kier molecular flexibility index (Phi) is 7.90. The summed E-state index contributed by atoms with van der Waals surface area (Å²) in [6.07, 6.45) is 0.657. The fourth-order valence-electron chi connectivity index (χ4n) is 3.60. The number of nitrogens with one attached hydrogen (secondary N) is 1. The lowest BCUT2D eigenvalue weighted by Crippen LogP contribution is -2.30. The van der Waals surface area contributed by atoms with Crippen molar-refractivity contribution >= 4 is 23.4 Å². The van der Waals surface area contributed by atoms with Crippen LogP contribution in [0.15, 0.2) is 89.7 Å². The van der Waals surface area contributed by atoms with Gasteiger partial charge in [-0.15, -0.1) is 0 Å². The summed E-state index contributed by atoms with van der Waals surface area (Å²) in [7, 11) is 0. The van der Waals surface area contributed by atoms with Crippen molar-refractivity contribution in [3.05, 3.63) is 117 Å². The maximum atomic E-state index is 13.9. The van der Waals surface area contributed by atoms with Gasteiger partial charge in [-0.1, -0.05) is 84.4 Å². The molecule has 0 radical (unpaired) electrons. The van der Waals surface area contributed by atoms with E-state index >= 15 is 0 Å². The topological polar surface area (TPSA) is 73.2 Å². The third-order valence-electron chi connectivity index (χ3n) is 5.30. The average molecular weight is 492 g/mol. The summed E-state index contributed by atoms with van der Waals surface area (Å²) in [5.41, 5.74) is 1.81. The highest BCUT2D eigenvalue weighted by atomic mass is 35.5. The predicted octanol–water partition coefficient (Wildman–Crippen LogP) is 5.10. The lowest BCUT2D eigenvalue weighted by molar-refractivity contribution is -0.145. The molecular weight excluding hydrogens is 469 g/mol. The van der Waals surface area contributed by atoms with E-state index < -0.39 is 23.9 Å². The summed E-state index contributed by atoms with van der Waals surface area (Å²) in [6, 6.07) is 24.6. The van der Waals surface area contributed by atoms with Crippen molar-refractivity contribution in [3.8, 4) is 11.3 Å². The van der Waals surface area contributed by atoms with Crippen molar-refractivity contribution in [1.82, 2.24) is 9.55 Å². The van der Waals surface area contributed by atoms with Crippen LogP contribution in [-0.2, 0) is 29.1 Å². The Balaban J connectivity index is 1.61. The zero-order chi connectivity index (χ0) is 24.6. The number of halogens is 2. The van der Waals surface area contributed by atoms with Crippen LogP contribution >= 0.6 is 11.6 Å². The third-order valence-corrected chi connectivity index (χ3v) is 5.56. The molecular formula is C27H23ClFN3O3. The van der Waals surface area contributed by atoms with Gasteiger partial charge < -0.3 is 10.1 Å². The van der Waals surface area contributed by atoms with Crippen molar-refractivity contribution in [3.63, 3.8) is 0 Å². The molecule has 0 unspecified atom stereocenters. The summed E-state index contributed by atoms with van der Waals surface area (Å²) < 4.78 is 20.5. The van der Waals surface area contributed by atoms with Crippen LogP contribution in [0.4, 0.5) is 10.2 Å². The third kappa shape index (κ3) is 6.33. The summed E-state index contributed by atoms with van der Waals surface area (Å²) in [5, 5.41) is 2.97. The number of rotatable bonds is 9. The van der Waals surface area contributed by atoms with Crippen molar-refractivity contribution in [2.45, 2.75) is 19.6 Å². The summed E-state index contributed by atoms with van der Waals surface area (Å²) in [6.45, 7) is 0.0815. The van der Waals surface area contributed by atoms with Gasteiger partial charge in [-0.3, -0.25) is 14.2 Å². The van der Waals surface area contributed by atoms with Crippen molar-refractivity contribution < 1.29 is 13.9 Å². The number of anilines is 1. The Hall–Kier alpha value is -3.97. The maximum absolute atomic E-state index is 13.9. The van der Waals surface area contributed by atoms with Gasteiger partial charge in [0.15, 0.2) is 11.0 Å². The number of nitrogens with zero attached hydrogens (tertiary/aromatic N) is 2. The van der Waals surface area contributed by atoms with Gasteiger partial charge in [-0.25, -0.2) is 9.37 Å². The summed E-state index contributed by atoms with van der Waals surface area (Å²) >= 11 is 6.46. The van der Waals surface area contributed by atoms with E-state index in [1.165, 1.54) is 22.8 Å². The lowest BCUT2D eigenvalue weighted by Gasteiger charge is -2.16. The first-order valence-electron chi connectivity index (χ1n) is 11.0. The van der Waals surface area contributed by atoms with E-state index in [0.717, 1.165) is 11.1 Å². The molecule has 1 aromatic heterocycles. The van der Waals surface area contributed by atoms with E-state index in [1.807, 2.05) is 60.7 Å². The SMILES string of the molecule is O=C(Cn1c(-c2cccc(F)c2)c(Cl)nc(NCCc2ccccc2)c1=O)OCc1ccccc1. The Morgan fingerprint density at radius 1 is 0.971 bits per heavy atom. The highest BCUT2D eigenvalue weighted by Gasteiger charge is 2.20. The largest absolute Gasteiger partial charge is 0.459 e. The monoisotopic (exact) mass is 491 g/mol. The minimum Gasteiger partial charge on any atom is -0.459 e. The predicted molar refractivity (Wildman–Crippen MR) is 134 cm³/mol. The molecule has 0 aliphatic heterocycles. The molecule has 0 fully saturated rings. The summed E-state index contributed by atoms with van der Waals surface area (Å²) in [4.78, 5) is 30.2. The number of esters is 1. The first kappa shape index (κ1) is 24.2. The molecule has 8 heteroatoms. The van der Waals surface area contributed by atoms with E-state index in [0.29, 0.717) is 18.5 Å². The normalized spacial score (nSPS) is 10.7. The van der Waals surface area contributed by atoms with Crippen LogP contribution in [0.1, 0.15) is 11.1 Å². The zero-order valence-corrected chi connectivity index (χ0v) is 19.5. The van der Waals surface area contributed by atoms with Crippen molar-refractivity contribution in [1.29, 1.82) is 0 Å². The minimum atomic E-state index is -0.633. The number of carbonyl (C=O) groups excluding carboxylic acids is 1. The molecule has 4 rings (SSSR count). The van der Waals surface area contributed by atoms with E-state index in [1.54, 1.807) is 6.07 Å². The van der Waals surface area contributed by atoms with Crippen LogP contribution in [0.2, 0.25) is 5.15 Å². The Bertz CT molecular complexity index is 1360. The quantitative estimate of drug-likeness (QED) is 0.330. The molecule has 6 nitrogen and oxygen atoms in total. The molecule has 1 N–H and O–H groups in total. The number of hydrogen-bond donors (Lipinski definition) is 1. The second-order valence-corrected chi connectivity index (χ2v) is 8.17. The van der Waals surface area contributed by atoms with Gasteiger partial charge in [0.2, 0.25) is 0 Å². The van der Waals surface area contributed by atoms with Gasteiger partial charge in [-0.05, 0) is 29.7 Å². The van der Waals surface area contributed by atoms with Gasteiger partial charge in [0, 0.05) is 12.1 Å². The Morgan fingerprint density at radius 3 is 2.34 bits per heavy atom. The second kappa shape index (κ2) is 11.4. The smallest absolute Gasteiger partial charge is 0.326 e. The highest BCUT2D eigenvalue weighted by Crippen LogP contribution is 2.27.